The maximum absolute atomic E-state index is 11.8. The van der Waals surface area contributed by atoms with Crippen LogP contribution >= 0.6 is 22.7 Å². The quantitative estimate of drug-likeness (QED) is 0.800. The molecule has 6 heteroatoms. The van der Waals surface area contributed by atoms with E-state index in [1.165, 1.54) is 11.3 Å². The minimum Gasteiger partial charge on any atom is -0.396 e. The van der Waals surface area contributed by atoms with Crippen LogP contribution in [0, 0.1) is 0 Å². The Bertz CT molecular complexity index is 494. The number of rotatable bonds is 6. The number of hydrogen-bond donors (Lipinski definition) is 2. The number of amides is 1. The number of nitrogens with zero attached hydrogens (tertiary/aromatic N) is 1. The molecule has 0 spiro atoms. The fourth-order valence-corrected chi connectivity index (χ4v) is 3.03. The van der Waals surface area contributed by atoms with E-state index >= 15 is 0 Å². The Morgan fingerprint density at radius 3 is 3.00 bits per heavy atom. The first kappa shape index (κ1) is 13.2. The fourth-order valence-electron chi connectivity index (χ4n) is 1.42. The van der Waals surface area contributed by atoms with Crippen LogP contribution in [0.4, 0.5) is 0 Å². The highest BCUT2D eigenvalue weighted by molar-refractivity contribution is 7.20. The van der Waals surface area contributed by atoms with Gasteiger partial charge in [-0.05, 0) is 24.3 Å². The lowest BCUT2D eigenvalue weighted by Gasteiger charge is -2.01. The van der Waals surface area contributed by atoms with Crippen LogP contribution in [0.3, 0.4) is 0 Å². The predicted molar refractivity (Wildman–Crippen MR) is 74.1 cm³/mol. The van der Waals surface area contributed by atoms with E-state index in [1.54, 1.807) is 16.7 Å². The van der Waals surface area contributed by atoms with Crippen LogP contribution in [-0.4, -0.2) is 29.1 Å². The van der Waals surface area contributed by atoms with Crippen molar-refractivity contribution in [3.63, 3.8) is 0 Å². The minimum absolute atomic E-state index is 0.146. The van der Waals surface area contributed by atoms with Gasteiger partial charge in [0.05, 0.1) is 4.88 Å². The first-order chi connectivity index (χ1) is 8.81. The SMILES string of the molecule is O=C(NCCCCO)c1csc(-c2cccs2)n1. The third-order valence-corrected chi connectivity index (χ3v) is 4.22. The van der Waals surface area contributed by atoms with Crippen LogP contribution in [0.15, 0.2) is 22.9 Å². The minimum atomic E-state index is -0.146. The Morgan fingerprint density at radius 2 is 2.28 bits per heavy atom. The summed E-state index contributed by atoms with van der Waals surface area (Å²) in [6.07, 6.45) is 1.49. The van der Waals surface area contributed by atoms with Crippen LogP contribution in [0.1, 0.15) is 23.3 Å². The van der Waals surface area contributed by atoms with Crippen molar-refractivity contribution in [2.45, 2.75) is 12.8 Å². The summed E-state index contributed by atoms with van der Waals surface area (Å²) in [5, 5.41) is 16.1. The van der Waals surface area contributed by atoms with Gasteiger partial charge in [-0.3, -0.25) is 4.79 Å². The van der Waals surface area contributed by atoms with E-state index in [2.05, 4.69) is 10.3 Å². The molecule has 0 saturated carbocycles. The van der Waals surface area contributed by atoms with Crippen LogP contribution in [0.5, 0.6) is 0 Å². The normalized spacial score (nSPS) is 10.5. The molecule has 2 aromatic rings. The number of thiazole rings is 1. The molecular weight excluding hydrogens is 268 g/mol. The molecule has 96 valence electrons. The van der Waals surface area contributed by atoms with Gasteiger partial charge in [0.15, 0.2) is 0 Å². The summed E-state index contributed by atoms with van der Waals surface area (Å²) in [4.78, 5) is 17.2. The molecule has 2 heterocycles. The van der Waals surface area contributed by atoms with Gasteiger partial charge in [-0.1, -0.05) is 6.07 Å². The summed E-state index contributed by atoms with van der Waals surface area (Å²) in [5.74, 6) is -0.146. The van der Waals surface area contributed by atoms with Crippen molar-refractivity contribution in [3.8, 4) is 9.88 Å². The average molecular weight is 282 g/mol. The topological polar surface area (TPSA) is 62.2 Å². The number of aliphatic hydroxyl groups excluding tert-OH is 1. The van der Waals surface area contributed by atoms with Crippen LogP contribution < -0.4 is 5.32 Å². The predicted octanol–water partition coefficient (Wildman–Crippen LogP) is 2.37. The molecule has 0 aliphatic heterocycles. The Hall–Kier alpha value is -1.24. The number of hydrogen-bond acceptors (Lipinski definition) is 5. The molecule has 0 saturated heterocycles. The summed E-state index contributed by atoms with van der Waals surface area (Å²) in [6, 6.07) is 3.96. The number of thiophene rings is 1. The summed E-state index contributed by atoms with van der Waals surface area (Å²) in [7, 11) is 0. The monoisotopic (exact) mass is 282 g/mol. The standard InChI is InChI=1S/C12H14N2O2S2/c15-6-2-1-5-13-11(16)9-8-18-12(14-9)10-4-3-7-17-10/h3-4,7-8,15H,1-2,5-6H2,(H,13,16). The number of aromatic nitrogens is 1. The van der Waals surface area contributed by atoms with Crippen molar-refractivity contribution in [2.24, 2.45) is 0 Å². The summed E-state index contributed by atoms with van der Waals surface area (Å²) in [6.45, 7) is 0.736. The van der Waals surface area contributed by atoms with Crippen molar-refractivity contribution >= 4 is 28.6 Å². The zero-order chi connectivity index (χ0) is 12.8. The second-order valence-corrected chi connectivity index (χ2v) is 5.51. The fraction of sp³-hybridized carbons (Fsp3) is 0.333. The number of unbranched alkanes of at least 4 members (excludes halogenated alkanes) is 1. The molecular formula is C12H14N2O2S2. The highest BCUT2D eigenvalue weighted by Crippen LogP contribution is 2.27. The third-order valence-electron chi connectivity index (χ3n) is 2.34. The molecule has 0 unspecified atom stereocenters. The molecule has 0 bridgehead atoms. The molecule has 4 nitrogen and oxygen atoms in total. The van der Waals surface area contributed by atoms with Crippen molar-refractivity contribution < 1.29 is 9.90 Å². The van der Waals surface area contributed by atoms with Crippen molar-refractivity contribution in [1.82, 2.24) is 10.3 Å². The second-order valence-electron chi connectivity index (χ2n) is 3.70. The van der Waals surface area contributed by atoms with Gasteiger partial charge in [-0.25, -0.2) is 4.98 Å². The lowest BCUT2D eigenvalue weighted by atomic mass is 10.3. The van der Waals surface area contributed by atoms with E-state index in [-0.39, 0.29) is 12.5 Å². The molecule has 18 heavy (non-hydrogen) atoms. The first-order valence-corrected chi connectivity index (χ1v) is 7.45. The Balaban J connectivity index is 1.91. The van der Waals surface area contributed by atoms with Gasteiger partial charge in [0.1, 0.15) is 10.7 Å². The second kappa shape index (κ2) is 6.63. The summed E-state index contributed by atoms with van der Waals surface area (Å²) < 4.78 is 0. The van der Waals surface area contributed by atoms with Gasteiger partial charge in [-0.2, -0.15) is 0 Å². The smallest absolute Gasteiger partial charge is 0.270 e. The van der Waals surface area contributed by atoms with E-state index < -0.39 is 0 Å². The molecule has 0 fully saturated rings. The van der Waals surface area contributed by atoms with Crippen LogP contribution in [-0.2, 0) is 0 Å². The zero-order valence-electron chi connectivity index (χ0n) is 9.76. The van der Waals surface area contributed by atoms with Gasteiger partial charge in [0, 0.05) is 18.5 Å². The molecule has 1 amide bonds. The van der Waals surface area contributed by atoms with Gasteiger partial charge in [0.2, 0.25) is 0 Å². The number of nitrogens with one attached hydrogen (secondary N) is 1. The molecule has 0 aliphatic rings. The van der Waals surface area contributed by atoms with E-state index in [4.69, 9.17) is 5.11 Å². The lowest BCUT2D eigenvalue weighted by molar-refractivity contribution is 0.0948. The molecule has 0 atom stereocenters. The molecule has 2 rings (SSSR count). The highest BCUT2D eigenvalue weighted by atomic mass is 32.1. The molecule has 0 radical (unpaired) electrons. The highest BCUT2D eigenvalue weighted by Gasteiger charge is 2.11. The van der Waals surface area contributed by atoms with Crippen molar-refractivity contribution in [2.75, 3.05) is 13.2 Å². The van der Waals surface area contributed by atoms with Crippen LogP contribution in [0.2, 0.25) is 0 Å². The maximum atomic E-state index is 11.8. The van der Waals surface area contributed by atoms with Gasteiger partial charge in [-0.15, -0.1) is 22.7 Å². The molecule has 0 aliphatic carbocycles. The van der Waals surface area contributed by atoms with Crippen molar-refractivity contribution in [3.05, 3.63) is 28.6 Å². The zero-order valence-corrected chi connectivity index (χ0v) is 11.4. The summed E-state index contributed by atoms with van der Waals surface area (Å²) >= 11 is 3.09. The van der Waals surface area contributed by atoms with Gasteiger partial charge in [0.25, 0.3) is 5.91 Å². The number of aliphatic hydroxyl groups is 1. The largest absolute Gasteiger partial charge is 0.396 e. The Morgan fingerprint density at radius 1 is 1.39 bits per heavy atom. The lowest BCUT2D eigenvalue weighted by Crippen LogP contribution is -2.24. The maximum Gasteiger partial charge on any atom is 0.270 e. The third kappa shape index (κ3) is 3.38. The summed E-state index contributed by atoms with van der Waals surface area (Å²) in [5.41, 5.74) is 0.465. The van der Waals surface area contributed by atoms with E-state index in [9.17, 15) is 4.79 Å². The first-order valence-electron chi connectivity index (χ1n) is 5.69. The van der Waals surface area contributed by atoms with Crippen LogP contribution in [0.25, 0.3) is 9.88 Å². The Labute approximate surface area is 113 Å². The van der Waals surface area contributed by atoms with Gasteiger partial charge >= 0.3 is 0 Å². The number of carbonyl (C=O) groups excluding carboxylic acids is 1. The van der Waals surface area contributed by atoms with E-state index in [1.807, 2.05) is 17.5 Å². The van der Waals surface area contributed by atoms with Gasteiger partial charge < -0.3 is 10.4 Å². The average Bonchev–Trinajstić information content (AvgIpc) is 3.03. The Kier molecular flexibility index (Phi) is 4.86. The van der Waals surface area contributed by atoms with Crippen molar-refractivity contribution in [1.29, 1.82) is 0 Å². The van der Waals surface area contributed by atoms with E-state index in [0.717, 1.165) is 16.3 Å². The van der Waals surface area contributed by atoms with E-state index in [0.29, 0.717) is 18.7 Å². The molecule has 2 aromatic heterocycles. The number of carbonyl (C=O) groups is 1. The molecule has 2 N–H and O–H groups in total. The molecule has 0 aromatic carbocycles.